The summed E-state index contributed by atoms with van der Waals surface area (Å²) in [5.41, 5.74) is -0.0659. The third-order valence-corrected chi connectivity index (χ3v) is 5.49. The van der Waals surface area contributed by atoms with Crippen LogP contribution in [-0.4, -0.2) is 19.9 Å². The van der Waals surface area contributed by atoms with E-state index in [0.29, 0.717) is 16.6 Å². The van der Waals surface area contributed by atoms with Gasteiger partial charge in [0.05, 0.1) is 15.9 Å². The van der Waals surface area contributed by atoms with E-state index >= 15 is 0 Å². The molecule has 30 heavy (non-hydrogen) atoms. The summed E-state index contributed by atoms with van der Waals surface area (Å²) in [7, 11) is 0. The Kier molecular flexibility index (Phi) is 3.85. The summed E-state index contributed by atoms with van der Waals surface area (Å²) in [6, 6.07) is 6.81. The third-order valence-electron chi connectivity index (χ3n) is 5.17. The Bertz CT molecular complexity index is 1590. The molecule has 2 aromatic carbocycles. The number of furan rings is 1. The third kappa shape index (κ3) is 2.37. The van der Waals surface area contributed by atoms with E-state index in [0.717, 1.165) is 0 Å². The molecule has 0 spiro atoms. The summed E-state index contributed by atoms with van der Waals surface area (Å²) >= 11 is 6.33. The number of fused-ring (bicyclic) bond motifs is 4. The molecule has 0 fully saturated rings. The van der Waals surface area contributed by atoms with Gasteiger partial charge in [-0.2, -0.15) is 0 Å². The number of aromatic amines is 2. The average Bonchev–Trinajstić information content (AvgIpc) is 3.23. The van der Waals surface area contributed by atoms with Crippen LogP contribution in [0.2, 0.25) is 5.02 Å². The predicted molar refractivity (Wildman–Crippen MR) is 113 cm³/mol. The highest BCUT2D eigenvalue weighted by atomic mass is 35.5. The topological polar surface area (TPSA) is 104 Å². The highest BCUT2D eigenvalue weighted by Crippen LogP contribution is 2.43. The summed E-state index contributed by atoms with van der Waals surface area (Å²) in [6.45, 7) is 3.76. The number of aromatic nitrogens is 3. The van der Waals surface area contributed by atoms with Gasteiger partial charge in [-0.3, -0.25) is 19.4 Å². The van der Waals surface area contributed by atoms with Crippen molar-refractivity contribution in [2.75, 3.05) is 0 Å². The fourth-order valence-corrected chi connectivity index (χ4v) is 4.08. The number of nitrogens with one attached hydrogen (secondary N) is 2. The van der Waals surface area contributed by atoms with Crippen molar-refractivity contribution in [3.63, 3.8) is 0 Å². The van der Waals surface area contributed by atoms with Gasteiger partial charge in [0.15, 0.2) is 11.2 Å². The Balaban J connectivity index is 2.13. The van der Waals surface area contributed by atoms with Crippen LogP contribution in [0.15, 0.2) is 44.3 Å². The van der Waals surface area contributed by atoms with E-state index in [1.807, 2.05) is 13.8 Å². The van der Waals surface area contributed by atoms with Gasteiger partial charge in [0.25, 0.3) is 5.56 Å². The molecule has 0 aliphatic carbocycles. The normalized spacial score (nSPS) is 12.0. The molecule has 0 bridgehead atoms. The average molecular weight is 428 g/mol. The van der Waals surface area contributed by atoms with Crippen molar-refractivity contribution in [3.05, 3.63) is 61.7 Å². The summed E-state index contributed by atoms with van der Waals surface area (Å²) in [4.78, 5) is 27.9. The van der Waals surface area contributed by atoms with Crippen molar-refractivity contribution >= 4 is 44.7 Å². The van der Waals surface area contributed by atoms with Crippen molar-refractivity contribution in [2.24, 2.45) is 0 Å². The number of phenols is 1. The van der Waals surface area contributed by atoms with Crippen molar-refractivity contribution in [2.45, 2.75) is 19.9 Å². The molecule has 0 aliphatic heterocycles. The van der Waals surface area contributed by atoms with Gasteiger partial charge in [-0.1, -0.05) is 17.7 Å². The summed E-state index contributed by atoms with van der Waals surface area (Å²) in [5, 5.41) is 13.6. The monoisotopic (exact) mass is 427 g/mol. The second-order valence-electron chi connectivity index (χ2n) is 7.32. The van der Waals surface area contributed by atoms with Gasteiger partial charge in [0, 0.05) is 22.6 Å². The Morgan fingerprint density at radius 1 is 1.13 bits per heavy atom. The number of H-pyrrole nitrogens is 2. The first-order valence-corrected chi connectivity index (χ1v) is 9.56. The van der Waals surface area contributed by atoms with E-state index in [-0.39, 0.29) is 38.7 Å². The lowest BCUT2D eigenvalue weighted by Gasteiger charge is -2.11. The first-order valence-electron chi connectivity index (χ1n) is 9.18. The Morgan fingerprint density at radius 3 is 2.60 bits per heavy atom. The fourth-order valence-electron chi connectivity index (χ4n) is 3.83. The summed E-state index contributed by atoms with van der Waals surface area (Å²) in [6.07, 6.45) is 0. The van der Waals surface area contributed by atoms with Crippen LogP contribution >= 0.6 is 11.6 Å². The second-order valence-corrected chi connectivity index (χ2v) is 7.73. The van der Waals surface area contributed by atoms with Gasteiger partial charge in [-0.25, -0.2) is 4.39 Å². The van der Waals surface area contributed by atoms with Crippen LogP contribution in [0.1, 0.15) is 19.9 Å². The SMILES string of the molecule is CC(C)n1[nH]c(=O)c2c(-c3c(F)cccc3Cl)c3oc4c(O)c(=O)ccc4c3[nH]c21. The van der Waals surface area contributed by atoms with Crippen LogP contribution in [-0.2, 0) is 0 Å². The molecule has 3 aromatic heterocycles. The number of hydrogen-bond acceptors (Lipinski definition) is 4. The number of nitrogens with zero attached hydrogens (tertiary/aromatic N) is 1. The largest absolute Gasteiger partial charge is 0.502 e. The highest BCUT2D eigenvalue weighted by molar-refractivity contribution is 6.34. The Labute approximate surface area is 172 Å². The minimum Gasteiger partial charge on any atom is -0.502 e. The predicted octanol–water partition coefficient (Wildman–Crippen LogP) is 4.66. The number of aromatic hydroxyl groups is 1. The molecule has 0 unspecified atom stereocenters. The Morgan fingerprint density at radius 2 is 1.90 bits per heavy atom. The lowest BCUT2D eigenvalue weighted by atomic mass is 10.0. The number of pyridine rings is 1. The quantitative estimate of drug-likeness (QED) is 0.381. The molecule has 0 amide bonds. The minimum absolute atomic E-state index is 0.00364. The van der Waals surface area contributed by atoms with E-state index in [4.69, 9.17) is 16.0 Å². The molecular weight excluding hydrogens is 413 g/mol. The van der Waals surface area contributed by atoms with Crippen LogP contribution in [0.25, 0.3) is 44.2 Å². The van der Waals surface area contributed by atoms with Gasteiger partial charge in [0.2, 0.25) is 11.2 Å². The summed E-state index contributed by atoms with van der Waals surface area (Å²) in [5.74, 6) is -1.20. The molecule has 3 N–H and O–H groups in total. The van der Waals surface area contributed by atoms with E-state index in [9.17, 15) is 19.1 Å². The standard InChI is InChI=1S/C21H15ClFN3O4/c1-8(2)26-20-15(21(29)25-26)14(13-10(22)4-3-5-11(13)23)19-16(24-20)9-6-7-12(27)17(28)18(9)30-19/h3-8,24,28H,1-2H3,(H,25,29). The smallest absolute Gasteiger partial charge is 0.274 e. The first-order chi connectivity index (χ1) is 14.3. The van der Waals surface area contributed by atoms with Gasteiger partial charge in [-0.15, -0.1) is 0 Å². The lowest BCUT2D eigenvalue weighted by Crippen LogP contribution is -2.07. The number of benzene rings is 2. The van der Waals surface area contributed by atoms with Crippen molar-refractivity contribution in [1.29, 1.82) is 0 Å². The molecule has 0 radical (unpaired) electrons. The zero-order chi connectivity index (χ0) is 21.3. The summed E-state index contributed by atoms with van der Waals surface area (Å²) < 4.78 is 22.4. The Hall–Kier alpha value is -3.52. The zero-order valence-corrected chi connectivity index (χ0v) is 16.6. The van der Waals surface area contributed by atoms with E-state index < -0.39 is 22.6 Å². The minimum atomic E-state index is -0.637. The van der Waals surface area contributed by atoms with Crippen LogP contribution in [0, 0.1) is 5.82 Å². The molecule has 3 heterocycles. The molecule has 5 rings (SSSR count). The maximum absolute atomic E-state index is 14.9. The van der Waals surface area contributed by atoms with Crippen LogP contribution in [0.3, 0.4) is 0 Å². The van der Waals surface area contributed by atoms with Crippen LogP contribution < -0.4 is 11.0 Å². The van der Waals surface area contributed by atoms with E-state index in [2.05, 4.69) is 10.1 Å². The molecule has 9 heteroatoms. The maximum Gasteiger partial charge on any atom is 0.274 e. The van der Waals surface area contributed by atoms with Crippen LogP contribution in [0.4, 0.5) is 4.39 Å². The van der Waals surface area contributed by atoms with E-state index in [1.165, 1.54) is 30.3 Å². The number of rotatable bonds is 2. The number of phenolic OH excluding ortho intramolecular Hbond substituents is 1. The molecule has 7 nitrogen and oxygen atoms in total. The number of hydrogen-bond donors (Lipinski definition) is 3. The van der Waals surface area contributed by atoms with Gasteiger partial charge >= 0.3 is 0 Å². The molecule has 0 saturated heterocycles. The van der Waals surface area contributed by atoms with E-state index in [1.54, 1.807) is 4.68 Å². The first kappa shape index (κ1) is 18.5. The van der Waals surface area contributed by atoms with Crippen molar-refractivity contribution in [1.82, 2.24) is 14.8 Å². The van der Waals surface area contributed by atoms with Crippen LogP contribution in [0.5, 0.6) is 5.75 Å². The highest BCUT2D eigenvalue weighted by Gasteiger charge is 2.26. The van der Waals surface area contributed by atoms with Crippen molar-refractivity contribution in [3.8, 4) is 16.9 Å². The molecule has 0 atom stereocenters. The zero-order valence-electron chi connectivity index (χ0n) is 15.8. The van der Waals surface area contributed by atoms with Gasteiger partial charge < -0.3 is 14.5 Å². The molecule has 152 valence electrons. The molecule has 0 aliphatic rings. The maximum atomic E-state index is 14.9. The second kappa shape index (κ2) is 6.24. The molecular formula is C21H15ClFN3O4. The van der Waals surface area contributed by atoms with Gasteiger partial charge in [0.1, 0.15) is 11.5 Å². The molecule has 5 aromatic rings. The number of halogens is 2. The van der Waals surface area contributed by atoms with Crippen molar-refractivity contribution < 1.29 is 13.9 Å². The fraction of sp³-hybridized carbons (Fsp3) is 0.143. The lowest BCUT2D eigenvalue weighted by molar-refractivity contribution is 0.464. The molecule has 0 saturated carbocycles. The van der Waals surface area contributed by atoms with Gasteiger partial charge in [-0.05, 0) is 38.1 Å².